The van der Waals surface area contributed by atoms with Crippen molar-refractivity contribution in [1.29, 1.82) is 0 Å². The van der Waals surface area contributed by atoms with Crippen LogP contribution in [0.2, 0.25) is 0 Å². The maximum absolute atomic E-state index is 13.5. The molecule has 0 saturated carbocycles. The number of esters is 1. The number of amides is 2. The Labute approximate surface area is 190 Å². The zero-order valence-electron chi connectivity index (χ0n) is 18.1. The van der Waals surface area contributed by atoms with Gasteiger partial charge in [-0.25, -0.2) is 14.6 Å². The number of hydrogen-bond acceptors (Lipinski definition) is 6. The van der Waals surface area contributed by atoms with Crippen molar-refractivity contribution < 1.29 is 23.8 Å². The number of hydrogen-bond donors (Lipinski definition) is 2. The second kappa shape index (κ2) is 8.85. The lowest BCUT2D eigenvalue weighted by Crippen LogP contribution is -2.52. The number of methoxy groups -OCH3 is 1. The zero-order valence-corrected chi connectivity index (χ0v) is 18.1. The minimum Gasteiger partial charge on any atom is -0.467 e. The first-order valence-electron chi connectivity index (χ1n) is 10.7. The molecule has 0 fully saturated rings. The fraction of sp³-hybridized carbons (Fsp3) is 0.292. The van der Waals surface area contributed by atoms with Crippen molar-refractivity contribution in [2.24, 2.45) is 0 Å². The Morgan fingerprint density at radius 3 is 2.85 bits per heavy atom. The standard InChI is InChI=1S/C24H24N4O5/c1-31-23(29)18(11-15-5-3-2-4-6-15)27-24(30)28-10-9-17-21(26-13-25-17)22(28)16-7-8-19-20(12-16)33-14-32-19/h2-8,12-13,18,22H,9-11,14H2,1H3,(H,25,26)(H,27,30)/t18-,22-/m0/s1. The number of H-pyrrole nitrogens is 1. The first-order valence-corrected chi connectivity index (χ1v) is 10.7. The van der Waals surface area contributed by atoms with Gasteiger partial charge in [-0.15, -0.1) is 0 Å². The molecule has 0 aliphatic carbocycles. The van der Waals surface area contributed by atoms with E-state index >= 15 is 0 Å². The van der Waals surface area contributed by atoms with Crippen LogP contribution in [0.3, 0.4) is 0 Å². The van der Waals surface area contributed by atoms with E-state index in [4.69, 9.17) is 14.2 Å². The number of fused-ring (bicyclic) bond motifs is 2. The van der Waals surface area contributed by atoms with Crippen LogP contribution in [0.15, 0.2) is 54.9 Å². The van der Waals surface area contributed by atoms with Crippen LogP contribution in [0.4, 0.5) is 4.79 Å². The molecule has 3 heterocycles. The van der Waals surface area contributed by atoms with Gasteiger partial charge in [0.1, 0.15) is 12.1 Å². The summed E-state index contributed by atoms with van der Waals surface area (Å²) in [5, 5.41) is 2.88. The third kappa shape index (κ3) is 4.09. The van der Waals surface area contributed by atoms with Gasteiger partial charge in [0.15, 0.2) is 11.5 Å². The summed E-state index contributed by atoms with van der Waals surface area (Å²) in [7, 11) is 1.32. The molecule has 5 rings (SSSR count). The van der Waals surface area contributed by atoms with E-state index in [1.54, 1.807) is 11.2 Å². The summed E-state index contributed by atoms with van der Waals surface area (Å²) in [6.07, 6.45) is 2.60. The minimum absolute atomic E-state index is 0.168. The molecule has 0 radical (unpaired) electrons. The molecule has 170 valence electrons. The molecular formula is C24H24N4O5. The van der Waals surface area contributed by atoms with Crippen LogP contribution in [-0.2, 0) is 22.4 Å². The molecule has 1 aromatic heterocycles. The van der Waals surface area contributed by atoms with Crippen molar-refractivity contribution in [3.63, 3.8) is 0 Å². The Hall–Kier alpha value is -4.01. The fourth-order valence-corrected chi connectivity index (χ4v) is 4.33. The topological polar surface area (TPSA) is 106 Å². The molecule has 33 heavy (non-hydrogen) atoms. The number of carbonyl (C=O) groups is 2. The normalized spacial score (nSPS) is 17.2. The summed E-state index contributed by atoms with van der Waals surface area (Å²) in [5.41, 5.74) is 3.53. The lowest BCUT2D eigenvalue weighted by atomic mass is 9.95. The average Bonchev–Trinajstić information content (AvgIpc) is 3.52. The molecule has 0 spiro atoms. The molecule has 3 aromatic rings. The molecular weight excluding hydrogens is 424 g/mol. The van der Waals surface area contributed by atoms with Gasteiger partial charge < -0.3 is 29.4 Å². The molecule has 2 amide bonds. The largest absolute Gasteiger partial charge is 0.467 e. The van der Waals surface area contributed by atoms with Gasteiger partial charge in [0.25, 0.3) is 0 Å². The lowest BCUT2D eigenvalue weighted by molar-refractivity contribution is -0.142. The number of carbonyl (C=O) groups excluding carboxylic acids is 2. The third-order valence-corrected chi connectivity index (χ3v) is 5.96. The monoisotopic (exact) mass is 448 g/mol. The van der Waals surface area contributed by atoms with Crippen LogP contribution in [0, 0.1) is 0 Å². The highest BCUT2D eigenvalue weighted by Gasteiger charge is 2.36. The van der Waals surface area contributed by atoms with Gasteiger partial charge in [0, 0.05) is 25.1 Å². The summed E-state index contributed by atoms with van der Waals surface area (Å²) < 4.78 is 15.9. The van der Waals surface area contributed by atoms with Crippen molar-refractivity contribution in [1.82, 2.24) is 20.2 Å². The van der Waals surface area contributed by atoms with E-state index in [1.807, 2.05) is 48.5 Å². The molecule has 2 aliphatic heterocycles. The van der Waals surface area contributed by atoms with Crippen molar-refractivity contribution in [3.8, 4) is 11.5 Å². The highest BCUT2D eigenvalue weighted by molar-refractivity contribution is 5.84. The maximum Gasteiger partial charge on any atom is 0.328 e. The summed E-state index contributed by atoms with van der Waals surface area (Å²) >= 11 is 0. The molecule has 0 unspecified atom stereocenters. The number of ether oxygens (including phenoxy) is 3. The molecule has 2 aliphatic rings. The smallest absolute Gasteiger partial charge is 0.328 e. The molecule has 0 bridgehead atoms. The number of aromatic nitrogens is 2. The van der Waals surface area contributed by atoms with E-state index in [0.717, 1.165) is 22.5 Å². The van der Waals surface area contributed by atoms with Crippen LogP contribution in [0.25, 0.3) is 0 Å². The van der Waals surface area contributed by atoms with Crippen LogP contribution >= 0.6 is 0 Å². The predicted molar refractivity (Wildman–Crippen MR) is 118 cm³/mol. The minimum atomic E-state index is -0.817. The molecule has 2 N–H and O–H groups in total. The summed E-state index contributed by atoms with van der Waals surface area (Å²) in [5.74, 6) is 0.803. The average molecular weight is 448 g/mol. The number of urea groups is 1. The number of aromatic amines is 1. The van der Waals surface area contributed by atoms with Gasteiger partial charge in [-0.2, -0.15) is 0 Å². The highest BCUT2D eigenvalue weighted by Crippen LogP contribution is 2.39. The molecule has 2 aromatic carbocycles. The number of nitrogens with one attached hydrogen (secondary N) is 2. The number of rotatable bonds is 5. The van der Waals surface area contributed by atoms with Gasteiger partial charge in [0.2, 0.25) is 6.79 Å². The molecule has 9 heteroatoms. The fourth-order valence-electron chi connectivity index (χ4n) is 4.33. The maximum atomic E-state index is 13.5. The first kappa shape index (κ1) is 20.9. The van der Waals surface area contributed by atoms with E-state index in [0.29, 0.717) is 30.9 Å². The molecule has 0 saturated heterocycles. The summed E-state index contributed by atoms with van der Waals surface area (Å²) in [6, 6.07) is 13.5. The second-order valence-corrected chi connectivity index (χ2v) is 7.94. The van der Waals surface area contributed by atoms with Gasteiger partial charge in [-0.3, -0.25) is 0 Å². The van der Waals surface area contributed by atoms with Gasteiger partial charge in [-0.05, 0) is 23.3 Å². The lowest BCUT2D eigenvalue weighted by Gasteiger charge is -2.36. The van der Waals surface area contributed by atoms with Gasteiger partial charge in [0.05, 0.1) is 19.1 Å². The number of nitrogens with zero attached hydrogens (tertiary/aromatic N) is 2. The number of imidazole rings is 1. The SMILES string of the molecule is COC(=O)[C@H](Cc1ccccc1)NC(=O)N1CCc2[nH]cnc2[C@@H]1c1ccc2c(c1)OCO2. The van der Waals surface area contributed by atoms with E-state index in [9.17, 15) is 9.59 Å². The van der Waals surface area contributed by atoms with Crippen molar-refractivity contribution in [2.45, 2.75) is 24.9 Å². The third-order valence-electron chi connectivity index (χ3n) is 5.96. The van der Waals surface area contributed by atoms with E-state index in [-0.39, 0.29) is 12.8 Å². The van der Waals surface area contributed by atoms with Crippen LogP contribution < -0.4 is 14.8 Å². The van der Waals surface area contributed by atoms with Crippen molar-refractivity contribution >= 4 is 12.0 Å². The van der Waals surface area contributed by atoms with Gasteiger partial charge in [-0.1, -0.05) is 36.4 Å². The second-order valence-electron chi connectivity index (χ2n) is 7.94. The Bertz CT molecular complexity index is 1160. The van der Waals surface area contributed by atoms with E-state index in [1.165, 1.54) is 7.11 Å². The van der Waals surface area contributed by atoms with Crippen molar-refractivity contribution in [2.75, 3.05) is 20.4 Å². The summed E-state index contributed by atoms with van der Waals surface area (Å²) in [4.78, 5) is 35.3. The van der Waals surface area contributed by atoms with Crippen LogP contribution in [-0.4, -0.2) is 53.4 Å². The first-order chi connectivity index (χ1) is 16.1. The Kier molecular flexibility index (Phi) is 5.60. The molecule has 2 atom stereocenters. The summed E-state index contributed by atoms with van der Waals surface area (Å²) in [6.45, 7) is 0.626. The quantitative estimate of drug-likeness (QED) is 0.581. The van der Waals surface area contributed by atoms with Crippen LogP contribution in [0.1, 0.15) is 28.6 Å². The Morgan fingerprint density at radius 1 is 1.21 bits per heavy atom. The zero-order chi connectivity index (χ0) is 22.8. The highest BCUT2D eigenvalue weighted by atomic mass is 16.7. The van der Waals surface area contributed by atoms with Crippen LogP contribution in [0.5, 0.6) is 11.5 Å². The van der Waals surface area contributed by atoms with Gasteiger partial charge >= 0.3 is 12.0 Å². The van der Waals surface area contributed by atoms with E-state index < -0.39 is 18.1 Å². The Balaban J connectivity index is 1.43. The van der Waals surface area contributed by atoms with Crippen molar-refractivity contribution in [3.05, 3.63) is 77.4 Å². The molecule has 9 nitrogen and oxygen atoms in total. The Morgan fingerprint density at radius 2 is 2.03 bits per heavy atom. The number of benzene rings is 2. The van der Waals surface area contributed by atoms with E-state index in [2.05, 4.69) is 15.3 Å². The predicted octanol–water partition coefficient (Wildman–Crippen LogP) is 2.58.